The molecule has 0 radical (unpaired) electrons. The Morgan fingerprint density at radius 2 is 2.00 bits per heavy atom. The molecule has 0 spiro atoms. The van der Waals surface area contributed by atoms with Crippen molar-refractivity contribution in [3.63, 3.8) is 0 Å². The third-order valence-corrected chi connectivity index (χ3v) is 8.24. The van der Waals surface area contributed by atoms with Crippen molar-refractivity contribution in [1.82, 2.24) is 15.2 Å². The molecule has 2 atom stereocenters. The summed E-state index contributed by atoms with van der Waals surface area (Å²) in [4.78, 5) is 29.4. The molecule has 3 aromatic rings. The lowest BCUT2D eigenvalue weighted by Crippen LogP contribution is -2.68. The number of carbonyl (C=O) groups is 2. The first-order valence-corrected chi connectivity index (χ1v) is 12.9. The molecule has 4 N–H and O–H groups in total. The molecule has 40 heavy (non-hydrogen) atoms. The standard InChI is InChI=1S/C28H27F3N4O5/c1-13-18(26(38)35-12-19(36)24(35)28(29,30)31)11-33-23(13)20(5-6-32)40-16-3-4-17-21(7-16)39-14(2)22(17)25(37)34-27-8-15(9-27)10-27/h3-7,11,15,19,24,32-33,36H,8-10,12H2,1-2H3,(H,34,37)/b20-5+,32-6?. The summed E-state index contributed by atoms with van der Waals surface area (Å²) in [6.07, 6.45) is 0.212. The van der Waals surface area contributed by atoms with Gasteiger partial charge in [-0.15, -0.1) is 0 Å². The first-order valence-electron chi connectivity index (χ1n) is 12.9. The lowest BCUT2D eigenvalue weighted by atomic mass is 9.50. The number of aromatic amines is 1. The van der Waals surface area contributed by atoms with Crippen LogP contribution in [0.2, 0.25) is 0 Å². The lowest BCUT2D eigenvalue weighted by molar-refractivity contribution is -0.234. The van der Waals surface area contributed by atoms with E-state index in [9.17, 15) is 27.9 Å². The molecule has 3 saturated carbocycles. The van der Waals surface area contributed by atoms with Gasteiger partial charge in [-0.3, -0.25) is 9.59 Å². The van der Waals surface area contributed by atoms with Crippen LogP contribution >= 0.6 is 0 Å². The number of furan rings is 1. The highest BCUT2D eigenvalue weighted by Gasteiger charge is 2.58. The molecule has 3 aliphatic carbocycles. The first kappa shape index (κ1) is 26.2. The Bertz CT molecular complexity index is 1570. The van der Waals surface area contributed by atoms with Gasteiger partial charge in [-0.05, 0) is 56.7 Å². The molecule has 1 aliphatic heterocycles. The molecule has 12 heteroatoms. The van der Waals surface area contributed by atoms with E-state index in [-0.39, 0.29) is 22.8 Å². The number of carbonyl (C=O) groups excluding carboxylic acids is 2. The predicted octanol–water partition coefficient (Wildman–Crippen LogP) is 4.48. The van der Waals surface area contributed by atoms with Crippen molar-refractivity contribution in [2.45, 2.75) is 57.0 Å². The zero-order valence-corrected chi connectivity index (χ0v) is 21.7. The van der Waals surface area contributed by atoms with Gasteiger partial charge in [0.15, 0.2) is 11.8 Å². The van der Waals surface area contributed by atoms with E-state index in [1.54, 1.807) is 32.0 Å². The van der Waals surface area contributed by atoms with Crippen molar-refractivity contribution in [3.05, 3.63) is 58.6 Å². The number of halogens is 3. The topological polar surface area (TPSA) is 132 Å². The van der Waals surface area contributed by atoms with E-state index in [1.807, 2.05) is 0 Å². The van der Waals surface area contributed by atoms with E-state index in [1.165, 1.54) is 12.3 Å². The lowest BCUT2D eigenvalue weighted by Gasteiger charge is -2.61. The number of likely N-dealkylation sites (tertiary alicyclic amines) is 1. The molecule has 1 aromatic carbocycles. The fraction of sp³-hybridized carbons (Fsp3) is 0.393. The van der Waals surface area contributed by atoms with Gasteiger partial charge in [-0.1, -0.05) is 0 Å². The van der Waals surface area contributed by atoms with E-state index >= 15 is 0 Å². The second-order valence-electron chi connectivity index (χ2n) is 10.9. The number of β-amino-alcohol motifs (C(OH)–C–C–N with tert-alkyl or cyclic N) is 1. The van der Waals surface area contributed by atoms with Crippen LogP contribution in [-0.2, 0) is 0 Å². The van der Waals surface area contributed by atoms with Gasteiger partial charge in [0.2, 0.25) is 0 Å². The van der Waals surface area contributed by atoms with Gasteiger partial charge in [0.25, 0.3) is 11.8 Å². The van der Waals surface area contributed by atoms with Crippen LogP contribution in [0.5, 0.6) is 5.75 Å². The maximum atomic E-state index is 13.3. The zero-order valence-electron chi connectivity index (χ0n) is 21.7. The Hall–Kier alpha value is -4.06. The van der Waals surface area contributed by atoms with Crippen LogP contribution in [0.25, 0.3) is 16.7 Å². The van der Waals surface area contributed by atoms with Crippen molar-refractivity contribution in [3.8, 4) is 5.75 Å². The molecule has 2 amide bonds. The number of nitrogens with one attached hydrogen (secondary N) is 3. The van der Waals surface area contributed by atoms with Crippen LogP contribution in [0, 0.1) is 25.2 Å². The highest BCUT2D eigenvalue weighted by Crippen LogP contribution is 2.57. The van der Waals surface area contributed by atoms with E-state index in [2.05, 4.69) is 10.3 Å². The van der Waals surface area contributed by atoms with Gasteiger partial charge in [0.1, 0.15) is 23.2 Å². The smallest absolute Gasteiger partial charge is 0.411 e. The molecular weight excluding hydrogens is 529 g/mol. The number of aryl methyl sites for hydroxylation is 1. The summed E-state index contributed by atoms with van der Waals surface area (Å²) in [6.45, 7) is 2.85. The minimum atomic E-state index is -4.75. The number of allylic oxidation sites excluding steroid dienone is 1. The SMILES string of the molecule is Cc1oc2cc(O/C(=C/C=N)c3[nH]cc(C(=O)N4CC(O)C4C(F)(F)F)c3C)ccc2c1C(=O)NC12CC(C1)C2. The second kappa shape index (κ2) is 8.98. The van der Waals surface area contributed by atoms with Gasteiger partial charge >= 0.3 is 6.18 Å². The Morgan fingerprint density at radius 1 is 1.27 bits per heavy atom. The van der Waals surface area contributed by atoms with Gasteiger partial charge in [-0.2, -0.15) is 13.2 Å². The van der Waals surface area contributed by atoms with Gasteiger partial charge in [-0.25, -0.2) is 0 Å². The minimum Gasteiger partial charge on any atom is -0.460 e. The van der Waals surface area contributed by atoms with Crippen LogP contribution in [-0.4, -0.2) is 63.4 Å². The second-order valence-corrected chi connectivity index (χ2v) is 10.9. The van der Waals surface area contributed by atoms with Crippen molar-refractivity contribution in [1.29, 1.82) is 5.41 Å². The maximum absolute atomic E-state index is 13.3. The number of nitrogens with zero attached hydrogens (tertiary/aromatic N) is 1. The third kappa shape index (κ3) is 4.09. The number of aliphatic hydroxyl groups excluding tert-OH is 1. The van der Waals surface area contributed by atoms with Crippen LogP contribution in [0.1, 0.15) is 57.0 Å². The molecule has 210 valence electrons. The Kier molecular flexibility index (Phi) is 5.88. The number of rotatable bonds is 7. The van der Waals surface area contributed by atoms with E-state index in [0.717, 1.165) is 31.4 Å². The summed E-state index contributed by atoms with van der Waals surface area (Å²) >= 11 is 0. The highest BCUT2D eigenvalue weighted by molar-refractivity contribution is 6.08. The molecule has 4 fully saturated rings. The molecule has 9 nitrogen and oxygen atoms in total. The fourth-order valence-corrected chi connectivity index (χ4v) is 6.07. The normalized spacial score (nSPS) is 25.6. The first-order chi connectivity index (χ1) is 18.9. The zero-order chi connectivity index (χ0) is 28.6. The maximum Gasteiger partial charge on any atom is 0.411 e. The Balaban J connectivity index is 1.23. The summed E-state index contributed by atoms with van der Waals surface area (Å²) < 4.78 is 51.7. The number of hydrogen-bond donors (Lipinski definition) is 4. The fourth-order valence-electron chi connectivity index (χ4n) is 6.07. The predicted molar refractivity (Wildman–Crippen MR) is 138 cm³/mol. The van der Waals surface area contributed by atoms with Crippen LogP contribution in [0.4, 0.5) is 13.2 Å². The molecule has 3 heterocycles. The molecule has 2 aromatic heterocycles. The molecule has 7 rings (SSSR count). The van der Waals surface area contributed by atoms with Gasteiger partial charge in [0, 0.05) is 35.5 Å². The summed E-state index contributed by atoms with van der Waals surface area (Å²) in [6, 6.07) is 2.70. The summed E-state index contributed by atoms with van der Waals surface area (Å²) in [5.41, 5.74) is 1.43. The minimum absolute atomic E-state index is 0.00731. The molecule has 1 saturated heterocycles. The number of hydrogen-bond acceptors (Lipinski definition) is 6. The van der Waals surface area contributed by atoms with Crippen LogP contribution in [0.15, 0.2) is 34.9 Å². The largest absolute Gasteiger partial charge is 0.460 e. The number of alkyl halides is 3. The number of H-pyrrole nitrogens is 1. The van der Waals surface area contributed by atoms with Crippen molar-refractivity contribution >= 4 is 34.8 Å². The number of benzene rings is 1. The van der Waals surface area contributed by atoms with E-state index < -0.39 is 30.8 Å². The summed E-state index contributed by atoms with van der Waals surface area (Å²) in [5, 5.41) is 20.9. The monoisotopic (exact) mass is 556 g/mol. The Labute approximate surface area is 226 Å². The quantitative estimate of drug-likeness (QED) is 0.252. The number of amides is 2. The number of fused-ring (bicyclic) bond motifs is 1. The third-order valence-electron chi connectivity index (χ3n) is 8.24. The van der Waals surface area contributed by atoms with Crippen molar-refractivity contribution < 1.29 is 37.0 Å². The number of aromatic nitrogens is 1. The molecular formula is C28H27F3N4O5. The average molecular weight is 557 g/mol. The summed E-state index contributed by atoms with van der Waals surface area (Å²) in [5.74, 6) is 0.622. The van der Waals surface area contributed by atoms with Crippen molar-refractivity contribution in [2.75, 3.05) is 6.54 Å². The number of ether oxygens (including phenoxy) is 1. The summed E-state index contributed by atoms with van der Waals surface area (Å²) in [7, 11) is 0. The van der Waals surface area contributed by atoms with E-state index in [4.69, 9.17) is 14.6 Å². The van der Waals surface area contributed by atoms with Crippen LogP contribution < -0.4 is 10.1 Å². The highest BCUT2D eigenvalue weighted by atomic mass is 19.4. The molecule has 4 aliphatic rings. The average Bonchev–Trinajstić information content (AvgIpc) is 3.35. The Morgan fingerprint density at radius 3 is 2.60 bits per heavy atom. The van der Waals surface area contributed by atoms with Gasteiger partial charge in [0.05, 0.1) is 23.4 Å². The van der Waals surface area contributed by atoms with Crippen LogP contribution in [0.3, 0.4) is 0 Å². The van der Waals surface area contributed by atoms with Crippen molar-refractivity contribution in [2.24, 2.45) is 5.92 Å². The molecule has 2 bridgehead atoms. The van der Waals surface area contributed by atoms with E-state index in [0.29, 0.717) is 44.2 Å². The molecule has 2 unspecified atom stereocenters. The van der Waals surface area contributed by atoms with Gasteiger partial charge < -0.3 is 34.9 Å². The number of aliphatic hydroxyl groups is 1.